The average molecular weight is 490 g/mol. The lowest BCUT2D eigenvalue weighted by Gasteiger charge is -2.30. The first-order chi connectivity index (χ1) is 16.4. The summed E-state index contributed by atoms with van der Waals surface area (Å²) < 4.78 is 11.6. The first-order valence-corrected chi connectivity index (χ1v) is 13.5. The highest BCUT2D eigenvalue weighted by Crippen LogP contribution is 2.63. The highest BCUT2D eigenvalue weighted by atomic mass is 31.2. The van der Waals surface area contributed by atoms with Gasteiger partial charge in [-0.05, 0) is 77.9 Å². The highest BCUT2D eigenvalue weighted by Gasteiger charge is 2.54. The zero-order valence-corrected chi connectivity index (χ0v) is 22.2. The van der Waals surface area contributed by atoms with Gasteiger partial charge in [-0.25, -0.2) is 9.59 Å². The monoisotopic (exact) mass is 489 g/mol. The summed E-state index contributed by atoms with van der Waals surface area (Å²) in [6.07, 6.45) is 1.35. The van der Waals surface area contributed by atoms with Crippen molar-refractivity contribution in [2.45, 2.75) is 52.7 Å². The van der Waals surface area contributed by atoms with Crippen molar-refractivity contribution in [3.05, 3.63) is 102 Å². The molecule has 0 aliphatic carbocycles. The van der Waals surface area contributed by atoms with Crippen LogP contribution >= 0.6 is 7.26 Å². The molecule has 0 fully saturated rings. The minimum absolute atomic E-state index is 0.297. The van der Waals surface area contributed by atoms with Crippen molar-refractivity contribution in [3.63, 3.8) is 0 Å². The third kappa shape index (κ3) is 6.46. The van der Waals surface area contributed by atoms with Crippen molar-refractivity contribution in [2.24, 2.45) is 0 Å². The number of esters is 2. The maximum Gasteiger partial charge on any atom is 0.375 e. The fourth-order valence-electron chi connectivity index (χ4n) is 3.89. The largest absolute Gasteiger partial charge is 0.457 e. The second-order valence-corrected chi connectivity index (χ2v) is 13.6. The molecule has 5 heteroatoms. The Balaban J connectivity index is 2.44. The molecule has 3 aromatic carbocycles. The number of ether oxygens (including phenoxy) is 2. The SMILES string of the molecule is CC(C)(C)OC(=O)/C=C(/C(=O)OC(C)(C)C)[P+](c1ccccc1)(c1ccccc1)c1ccccc1. The van der Waals surface area contributed by atoms with E-state index in [1.165, 1.54) is 6.08 Å². The Morgan fingerprint density at radius 1 is 0.600 bits per heavy atom. The van der Waals surface area contributed by atoms with Gasteiger partial charge >= 0.3 is 11.9 Å². The van der Waals surface area contributed by atoms with Gasteiger partial charge in [-0.1, -0.05) is 54.6 Å². The molecule has 0 heterocycles. The minimum Gasteiger partial charge on any atom is -0.457 e. The molecule has 4 nitrogen and oxygen atoms in total. The number of hydrogen-bond donors (Lipinski definition) is 0. The molecule has 0 radical (unpaired) electrons. The Bertz CT molecular complexity index is 1080. The Morgan fingerprint density at radius 2 is 0.943 bits per heavy atom. The maximum absolute atomic E-state index is 14.0. The summed E-state index contributed by atoms with van der Waals surface area (Å²) >= 11 is 0. The summed E-state index contributed by atoms with van der Waals surface area (Å²) in [7, 11) is -2.84. The van der Waals surface area contributed by atoms with Gasteiger partial charge in [0.15, 0.2) is 7.26 Å². The van der Waals surface area contributed by atoms with Crippen molar-refractivity contribution >= 4 is 35.1 Å². The number of rotatable bonds is 6. The van der Waals surface area contributed by atoms with E-state index in [0.717, 1.165) is 15.9 Å². The molecule has 0 aliphatic heterocycles. The van der Waals surface area contributed by atoms with E-state index >= 15 is 0 Å². The van der Waals surface area contributed by atoms with Crippen LogP contribution in [0.5, 0.6) is 0 Å². The van der Waals surface area contributed by atoms with Crippen molar-refractivity contribution in [3.8, 4) is 0 Å². The Morgan fingerprint density at radius 3 is 1.26 bits per heavy atom. The fourth-order valence-corrected chi connectivity index (χ4v) is 8.09. The molecular formula is C30H34O4P+. The van der Waals surface area contributed by atoms with Gasteiger partial charge in [0, 0.05) is 0 Å². The van der Waals surface area contributed by atoms with E-state index < -0.39 is 30.4 Å². The lowest BCUT2D eigenvalue weighted by Crippen LogP contribution is -2.37. The summed E-state index contributed by atoms with van der Waals surface area (Å²) in [5, 5.41) is 3.12. The Labute approximate surface area is 209 Å². The van der Waals surface area contributed by atoms with Crippen LogP contribution in [0.2, 0.25) is 0 Å². The lowest BCUT2D eigenvalue weighted by atomic mass is 10.2. The van der Waals surface area contributed by atoms with Gasteiger partial charge in [0.25, 0.3) is 0 Å². The van der Waals surface area contributed by atoms with Crippen LogP contribution in [0.4, 0.5) is 0 Å². The molecule has 3 aromatic rings. The molecule has 0 bridgehead atoms. The first-order valence-electron chi connectivity index (χ1n) is 11.7. The summed E-state index contributed by atoms with van der Waals surface area (Å²) in [5.74, 6) is -1.11. The zero-order chi connectivity index (χ0) is 25.7. The summed E-state index contributed by atoms with van der Waals surface area (Å²) in [6.45, 7) is 10.9. The molecule has 0 spiro atoms. The molecule has 0 unspecified atom stereocenters. The second kappa shape index (κ2) is 10.6. The van der Waals surface area contributed by atoms with Gasteiger partial charge in [0.2, 0.25) is 5.31 Å². The van der Waals surface area contributed by atoms with Gasteiger partial charge in [-0.15, -0.1) is 0 Å². The van der Waals surface area contributed by atoms with Crippen molar-refractivity contribution < 1.29 is 19.1 Å². The quantitative estimate of drug-likeness (QED) is 0.259. The molecule has 0 amide bonds. The standard InChI is InChI=1S/C30H34O4P/c1-29(2,3)33-27(31)22-26(28(32)34-30(4,5)6)35(23-16-10-7-11-17-23,24-18-12-8-13-19-24)25-20-14-9-15-21-25/h7-22H,1-6H3/q+1/b26-22-. The third-order valence-corrected chi connectivity index (χ3v) is 9.31. The molecule has 0 atom stereocenters. The van der Waals surface area contributed by atoms with E-state index in [9.17, 15) is 9.59 Å². The van der Waals surface area contributed by atoms with Gasteiger partial charge in [0.1, 0.15) is 27.1 Å². The predicted octanol–water partition coefficient (Wildman–Crippen LogP) is 5.55. The van der Waals surface area contributed by atoms with Crippen LogP contribution in [0.15, 0.2) is 102 Å². The lowest BCUT2D eigenvalue weighted by molar-refractivity contribution is -0.152. The number of carbonyl (C=O) groups is 2. The van der Waals surface area contributed by atoms with E-state index in [-0.39, 0.29) is 0 Å². The molecule has 0 aromatic heterocycles. The van der Waals surface area contributed by atoms with Crippen LogP contribution in [0.3, 0.4) is 0 Å². The Hall–Kier alpha value is -3.23. The van der Waals surface area contributed by atoms with Crippen LogP contribution in [-0.2, 0) is 19.1 Å². The van der Waals surface area contributed by atoms with Gasteiger partial charge in [0.05, 0.1) is 6.08 Å². The van der Waals surface area contributed by atoms with Crippen molar-refractivity contribution in [2.75, 3.05) is 0 Å². The van der Waals surface area contributed by atoms with Crippen LogP contribution in [0.25, 0.3) is 0 Å². The van der Waals surface area contributed by atoms with Crippen LogP contribution in [0.1, 0.15) is 41.5 Å². The molecule has 0 aliphatic rings. The van der Waals surface area contributed by atoms with E-state index in [4.69, 9.17) is 9.47 Å². The molecule has 182 valence electrons. The van der Waals surface area contributed by atoms with Gasteiger partial charge in [-0.2, -0.15) is 0 Å². The minimum atomic E-state index is -2.84. The second-order valence-electron chi connectivity index (χ2n) is 10.2. The molecule has 0 N–H and O–H groups in total. The summed E-state index contributed by atoms with van der Waals surface area (Å²) in [4.78, 5) is 27.1. The molecule has 0 saturated heterocycles. The van der Waals surface area contributed by atoms with Crippen LogP contribution < -0.4 is 15.9 Å². The van der Waals surface area contributed by atoms with Crippen molar-refractivity contribution in [1.29, 1.82) is 0 Å². The molecule has 3 rings (SSSR count). The van der Waals surface area contributed by atoms with Crippen LogP contribution in [0, 0.1) is 0 Å². The van der Waals surface area contributed by atoms with Crippen molar-refractivity contribution in [1.82, 2.24) is 0 Å². The smallest absolute Gasteiger partial charge is 0.375 e. The summed E-state index contributed by atoms with van der Waals surface area (Å²) in [6, 6.07) is 29.6. The highest BCUT2D eigenvalue weighted by molar-refractivity contribution is 7.99. The normalized spacial score (nSPS) is 12.7. The first kappa shape index (κ1) is 26.4. The predicted molar refractivity (Wildman–Crippen MR) is 145 cm³/mol. The molecule has 35 heavy (non-hydrogen) atoms. The third-order valence-electron chi connectivity index (χ3n) is 5.06. The van der Waals surface area contributed by atoms with E-state index in [0.29, 0.717) is 5.31 Å². The van der Waals surface area contributed by atoms with Crippen LogP contribution in [-0.4, -0.2) is 23.1 Å². The van der Waals surface area contributed by atoms with E-state index in [2.05, 4.69) is 0 Å². The van der Waals surface area contributed by atoms with Gasteiger partial charge in [-0.3, -0.25) is 0 Å². The number of hydrogen-bond acceptors (Lipinski definition) is 4. The fraction of sp³-hybridized carbons (Fsp3) is 0.267. The van der Waals surface area contributed by atoms with Gasteiger partial charge < -0.3 is 9.47 Å². The Kier molecular flexibility index (Phi) is 7.97. The number of carbonyl (C=O) groups excluding carboxylic acids is 2. The number of benzene rings is 3. The molecular weight excluding hydrogens is 455 g/mol. The van der Waals surface area contributed by atoms with E-state index in [1.54, 1.807) is 20.8 Å². The zero-order valence-electron chi connectivity index (χ0n) is 21.3. The topological polar surface area (TPSA) is 52.6 Å². The molecule has 0 saturated carbocycles. The van der Waals surface area contributed by atoms with E-state index in [1.807, 2.05) is 112 Å². The maximum atomic E-state index is 14.0. The average Bonchev–Trinajstić information content (AvgIpc) is 2.79. The summed E-state index contributed by atoms with van der Waals surface area (Å²) in [5.41, 5.74) is -1.45.